The molecule has 0 radical (unpaired) electrons. The molecule has 0 fully saturated rings. The molecule has 0 saturated heterocycles. The van der Waals surface area contributed by atoms with Crippen LogP contribution in [-0.2, 0) is 11.2 Å². The quantitative estimate of drug-likeness (QED) is 0.660. The third-order valence-corrected chi connectivity index (χ3v) is 3.78. The van der Waals surface area contributed by atoms with Gasteiger partial charge in [0.05, 0.1) is 0 Å². The molecule has 0 saturated carbocycles. The average molecular weight is 275 g/mol. The summed E-state index contributed by atoms with van der Waals surface area (Å²) in [4.78, 5) is 11.2. The first-order valence-electron chi connectivity index (χ1n) is 8.02. The molecule has 0 unspecified atom stereocenters. The Bertz CT molecular complexity index is 394. The van der Waals surface area contributed by atoms with E-state index in [1.54, 1.807) is 6.92 Å². The number of benzene rings is 1. The van der Waals surface area contributed by atoms with E-state index in [1.165, 1.54) is 44.1 Å². The molecule has 20 heavy (non-hydrogen) atoms. The summed E-state index contributed by atoms with van der Waals surface area (Å²) in [6.45, 7) is 6.11. The summed E-state index contributed by atoms with van der Waals surface area (Å²) in [6.07, 6.45) is 8.83. The molecule has 1 aromatic rings. The maximum atomic E-state index is 11.2. The minimum absolute atomic E-state index is 0.00675. The largest absolute Gasteiger partial charge is 0.326 e. The van der Waals surface area contributed by atoms with Crippen molar-refractivity contribution in [3.63, 3.8) is 0 Å². The number of aryl methyl sites for hydroxylation is 1. The monoisotopic (exact) mass is 275 g/mol. The number of anilines is 1. The number of amides is 1. The summed E-state index contributed by atoms with van der Waals surface area (Å²) in [7, 11) is 0. The summed E-state index contributed by atoms with van der Waals surface area (Å²) in [5.74, 6) is 0.880. The number of para-hydroxylation sites is 1. The lowest BCUT2D eigenvalue weighted by atomic mass is 9.91. The summed E-state index contributed by atoms with van der Waals surface area (Å²) >= 11 is 0. The van der Waals surface area contributed by atoms with Crippen molar-refractivity contribution < 1.29 is 4.79 Å². The highest BCUT2D eigenvalue weighted by Crippen LogP contribution is 2.23. The Morgan fingerprint density at radius 2 is 1.75 bits per heavy atom. The van der Waals surface area contributed by atoms with Crippen molar-refractivity contribution in [3.05, 3.63) is 29.8 Å². The van der Waals surface area contributed by atoms with Gasteiger partial charge in [-0.05, 0) is 30.4 Å². The van der Waals surface area contributed by atoms with Gasteiger partial charge in [-0.1, -0.05) is 64.2 Å². The minimum atomic E-state index is 0.00675. The zero-order valence-corrected chi connectivity index (χ0v) is 13.2. The highest BCUT2D eigenvalue weighted by atomic mass is 16.1. The van der Waals surface area contributed by atoms with Crippen LogP contribution in [0.4, 0.5) is 5.69 Å². The Labute approximate surface area is 124 Å². The number of hydrogen-bond donors (Lipinski definition) is 1. The van der Waals surface area contributed by atoms with Crippen LogP contribution >= 0.6 is 0 Å². The van der Waals surface area contributed by atoms with Crippen LogP contribution in [0, 0.1) is 5.92 Å². The molecule has 112 valence electrons. The lowest BCUT2D eigenvalue weighted by molar-refractivity contribution is -0.114. The van der Waals surface area contributed by atoms with Gasteiger partial charge in [0.1, 0.15) is 0 Å². The second kappa shape index (κ2) is 9.57. The highest BCUT2D eigenvalue weighted by molar-refractivity contribution is 5.89. The molecule has 0 bridgehead atoms. The maximum absolute atomic E-state index is 11.2. The summed E-state index contributed by atoms with van der Waals surface area (Å²) in [6, 6.07) is 8.15. The summed E-state index contributed by atoms with van der Waals surface area (Å²) in [5.41, 5.74) is 2.23. The predicted octanol–water partition coefficient (Wildman–Crippen LogP) is 5.18. The van der Waals surface area contributed by atoms with E-state index in [0.29, 0.717) is 0 Å². The first-order valence-corrected chi connectivity index (χ1v) is 8.02. The van der Waals surface area contributed by atoms with E-state index in [9.17, 15) is 4.79 Å². The molecule has 1 rings (SSSR count). The van der Waals surface area contributed by atoms with Gasteiger partial charge < -0.3 is 5.32 Å². The number of hydrogen-bond acceptors (Lipinski definition) is 1. The van der Waals surface area contributed by atoms with Gasteiger partial charge in [-0.3, -0.25) is 4.79 Å². The second-order valence-corrected chi connectivity index (χ2v) is 5.67. The van der Waals surface area contributed by atoms with E-state index >= 15 is 0 Å². The number of carbonyl (C=O) groups excluding carboxylic acids is 1. The van der Waals surface area contributed by atoms with Gasteiger partial charge in [0.25, 0.3) is 0 Å². The molecule has 0 spiro atoms. The molecule has 0 heterocycles. The third-order valence-electron chi connectivity index (χ3n) is 3.78. The van der Waals surface area contributed by atoms with E-state index < -0.39 is 0 Å². The van der Waals surface area contributed by atoms with Gasteiger partial charge in [-0.15, -0.1) is 0 Å². The number of rotatable bonds is 9. The molecule has 2 heteroatoms. The van der Waals surface area contributed by atoms with Gasteiger partial charge in [0.15, 0.2) is 0 Å². The number of nitrogens with one attached hydrogen (secondary N) is 1. The fourth-order valence-corrected chi connectivity index (χ4v) is 2.88. The molecule has 0 aliphatic rings. The van der Waals surface area contributed by atoms with Crippen LogP contribution < -0.4 is 5.32 Å². The minimum Gasteiger partial charge on any atom is -0.326 e. The van der Waals surface area contributed by atoms with E-state index in [0.717, 1.165) is 18.0 Å². The SMILES string of the molecule is CCCC(CCC)CCCc1ccccc1NC(C)=O. The van der Waals surface area contributed by atoms with E-state index in [1.807, 2.05) is 12.1 Å². The average Bonchev–Trinajstić information content (AvgIpc) is 2.40. The van der Waals surface area contributed by atoms with Crippen molar-refractivity contribution in [2.45, 2.75) is 65.7 Å². The molecular weight excluding hydrogens is 246 g/mol. The van der Waals surface area contributed by atoms with Crippen LogP contribution in [0.15, 0.2) is 24.3 Å². The normalized spacial score (nSPS) is 10.8. The van der Waals surface area contributed by atoms with Gasteiger partial charge in [-0.2, -0.15) is 0 Å². The first kappa shape index (κ1) is 16.7. The van der Waals surface area contributed by atoms with Crippen LogP contribution in [-0.4, -0.2) is 5.91 Å². The topological polar surface area (TPSA) is 29.1 Å². The third kappa shape index (κ3) is 6.23. The van der Waals surface area contributed by atoms with E-state index in [4.69, 9.17) is 0 Å². The van der Waals surface area contributed by atoms with Crippen molar-refractivity contribution in [3.8, 4) is 0 Å². The van der Waals surface area contributed by atoms with Crippen molar-refractivity contribution >= 4 is 11.6 Å². The molecular formula is C18H29NO. The van der Waals surface area contributed by atoms with Crippen LogP contribution in [0.2, 0.25) is 0 Å². The molecule has 0 atom stereocenters. The van der Waals surface area contributed by atoms with Crippen molar-refractivity contribution in [1.82, 2.24) is 0 Å². The smallest absolute Gasteiger partial charge is 0.221 e. The van der Waals surface area contributed by atoms with Gasteiger partial charge in [0.2, 0.25) is 5.91 Å². The Balaban J connectivity index is 2.50. The maximum Gasteiger partial charge on any atom is 0.221 e. The second-order valence-electron chi connectivity index (χ2n) is 5.67. The number of carbonyl (C=O) groups is 1. The highest BCUT2D eigenvalue weighted by Gasteiger charge is 2.08. The summed E-state index contributed by atoms with van der Waals surface area (Å²) < 4.78 is 0. The standard InChI is InChI=1S/C18H29NO/c1-4-9-16(10-5-2)11-8-13-17-12-6-7-14-18(17)19-15(3)20/h6-7,12,14,16H,4-5,8-11,13H2,1-3H3,(H,19,20). The lowest BCUT2D eigenvalue weighted by Crippen LogP contribution is -2.08. The molecule has 0 aliphatic heterocycles. The Hall–Kier alpha value is -1.31. The molecule has 1 amide bonds. The van der Waals surface area contributed by atoms with E-state index in [2.05, 4.69) is 31.3 Å². The fourth-order valence-electron chi connectivity index (χ4n) is 2.88. The van der Waals surface area contributed by atoms with Crippen LogP contribution in [0.1, 0.15) is 64.9 Å². The molecule has 0 aliphatic carbocycles. The zero-order chi connectivity index (χ0) is 14.8. The fraction of sp³-hybridized carbons (Fsp3) is 0.611. The Kier molecular flexibility index (Phi) is 8.01. The van der Waals surface area contributed by atoms with Crippen LogP contribution in [0.3, 0.4) is 0 Å². The zero-order valence-electron chi connectivity index (χ0n) is 13.2. The van der Waals surface area contributed by atoms with Crippen LogP contribution in [0.25, 0.3) is 0 Å². The molecule has 1 N–H and O–H groups in total. The van der Waals surface area contributed by atoms with Crippen molar-refractivity contribution in [2.24, 2.45) is 5.92 Å². The summed E-state index contributed by atoms with van der Waals surface area (Å²) in [5, 5.41) is 2.92. The Morgan fingerprint density at radius 1 is 1.10 bits per heavy atom. The van der Waals surface area contributed by atoms with Crippen molar-refractivity contribution in [2.75, 3.05) is 5.32 Å². The first-order chi connectivity index (χ1) is 9.67. The van der Waals surface area contributed by atoms with Gasteiger partial charge in [-0.25, -0.2) is 0 Å². The molecule has 0 aromatic heterocycles. The van der Waals surface area contributed by atoms with Gasteiger partial charge >= 0.3 is 0 Å². The molecule has 2 nitrogen and oxygen atoms in total. The molecule has 1 aromatic carbocycles. The predicted molar refractivity (Wildman–Crippen MR) is 87.0 cm³/mol. The van der Waals surface area contributed by atoms with E-state index in [-0.39, 0.29) is 5.91 Å². The van der Waals surface area contributed by atoms with Crippen LogP contribution in [0.5, 0.6) is 0 Å². The van der Waals surface area contributed by atoms with Gasteiger partial charge in [0, 0.05) is 12.6 Å². The lowest BCUT2D eigenvalue weighted by Gasteiger charge is -2.15. The Morgan fingerprint density at radius 3 is 2.35 bits per heavy atom. The van der Waals surface area contributed by atoms with Crippen molar-refractivity contribution in [1.29, 1.82) is 0 Å².